The van der Waals surface area contributed by atoms with Crippen molar-refractivity contribution < 1.29 is 14.3 Å². The molecule has 2 aromatic rings. The number of hydrogen-bond acceptors (Lipinski definition) is 4. The summed E-state index contributed by atoms with van der Waals surface area (Å²) < 4.78 is 11.0. The van der Waals surface area contributed by atoms with E-state index in [-0.39, 0.29) is 29.9 Å². The molecule has 0 aliphatic rings. The number of ether oxygens (including phenoxy) is 2. The molecule has 0 saturated heterocycles. The van der Waals surface area contributed by atoms with Crippen molar-refractivity contribution in [1.82, 2.24) is 15.5 Å². The SMILES string of the molecule is CCNC(=NCc1ccc(OCC)c(OC)c1)NCc1ccc(C(=O)N(C)C)cc1.I. The fraction of sp³-hybridized carbons (Fsp3) is 0.391. The van der Waals surface area contributed by atoms with Gasteiger partial charge in [-0.1, -0.05) is 18.2 Å². The first kappa shape index (κ1) is 26.5. The second-order valence-electron chi connectivity index (χ2n) is 6.86. The smallest absolute Gasteiger partial charge is 0.253 e. The lowest BCUT2D eigenvalue weighted by Gasteiger charge is -2.13. The van der Waals surface area contributed by atoms with Gasteiger partial charge in [-0.05, 0) is 49.2 Å². The van der Waals surface area contributed by atoms with Gasteiger partial charge in [-0.15, -0.1) is 24.0 Å². The number of carbonyl (C=O) groups excluding carboxylic acids is 1. The van der Waals surface area contributed by atoms with Crippen LogP contribution in [0.4, 0.5) is 0 Å². The van der Waals surface area contributed by atoms with Gasteiger partial charge in [0.15, 0.2) is 17.5 Å². The Morgan fingerprint density at radius 3 is 2.26 bits per heavy atom. The number of hydrogen-bond donors (Lipinski definition) is 2. The van der Waals surface area contributed by atoms with Gasteiger partial charge in [-0.3, -0.25) is 4.79 Å². The molecule has 2 rings (SSSR count). The van der Waals surface area contributed by atoms with Crippen molar-refractivity contribution in [3.8, 4) is 11.5 Å². The number of halogens is 1. The molecule has 0 aliphatic carbocycles. The van der Waals surface area contributed by atoms with Crippen molar-refractivity contribution >= 4 is 35.8 Å². The van der Waals surface area contributed by atoms with Crippen LogP contribution in [0.3, 0.4) is 0 Å². The highest BCUT2D eigenvalue weighted by Gasteiger charge is 2.08. The van der Waals surface area contributed by atoms with Crippen LogP contribution in [-0.2, 0) is 13.1 Å². The maximum absolute atomic E-state index is 12.0. The molecule has 0 fully saturated rings. The van der Waals surface area contributed by atoms with Crippen LogP contribution in [0, 0.1) is 0 Å². The maximum Gasteiger partial charge on any atom is 0.253 e. The summed E-state index contributed by atoms with van der Waals surface area (Å²) in [4.78, 5) is 18.2. The predicted octanol–water partition coefficient (Wildman–Crippen LogP) is 3.67. The number of methoxy groups -OCH3 is 1. The monoisotopic (exact) mass is 540 g/mol. The van der Waals surface area contributed by atoms with Gasteiger partial charge in [0.2, 0.25) is 0 Å². The third-order valence-corrected chi connectivity index (χ3v) is 4.36. The van der Waals surface area contributed by atoms with Crippen molar-refractivity contribution in [2.45, 2.75) is 26.9 Å². The highest BCUT2D eigenvalue weighted by molar-refractivity contribution is 14.0. The summed E-state index contributed by atoms with van der Waals surface area (Å²) in [5, 5.41) is 6.58. The van der Waals surface area contributed by atoms with Crippen molar-refractivity contribution in [3.63, 3.8) is 0 Å². The van der Waals surface area contributed by atoms with Crippen LogP contribution in [0.1, 0.15) is 35.3 Å². The Labute approximate surface area is 202 Å². The summed E-state index contributed by atoms with van der Waals surface area (Å²) in [7, 11) is 5.13. The van der Waals surface area contributed by atoms with Crippen molar-refractivity contribution in [2.24, 2.45) is 4.99 Å². The molecule has 170 valence electrons. The van der Waals surface area contributed by atoms with Crippen molar-refractivity contribution in [3.05, 3.63) is 59.2 Å². The minimum absolute atomic E-state index is 0. The normalized spacial score (nSPS) is 10.7. The molecule has 0 atom stereocenters. The summed E-state index contributed by atoms with van der Waals surface area (Å²) in [6.07, 6.45) is 0. The Hall–Kier alpha value is -2.49. The zero-order valence-corrected chi connectivity index (χ0v) is 21.2. The number of rotatable bonds is 9. The molecule has 2 N–H and O–H groups in total. The second-order valence-corrected chi connectivity index (χ2v) is 6.86. The largest absolute Gasteiger partial charge is 0.493 e. The van der Waals surface area contributed by atoms with Crippen LogP contribution >= 0.6 is 24.0 Å². The highest BCUT2D eigenvalue weighted by atomic mass is 127. The van der Waals surface area contributed by atoms with E-state index in [0.717, 1.165) is 29.4 Å². The molecule has 7 nitrogen and oxygen atoms in total. The van der Waals surface area contributed by atoms with Crippen molar-refractivity contribution in [1.29, 1.82) is 0 Å². The van der Waals surface area contributed by atoms with Gasteiger partial charge in [0.25, 0.3) is 5.91 Å². The zero-order valence-electron chi connectivity index (χ0n) is 18.9. The van der Waals surface area contributed by atoms with Gasteiger partial charge in [0.1, 0.15) is 0 Å². The topological polar surface area (TPSA) is 75.2 Å². The van der Waals surface area contributed by atoms with E-state index in [2.05, 4.69) is 15.6 Å². The minimum Gasteiger partial charge on any atom is -0.493 e. The lowest BCUT2D eigenvalue weighted by Crippen LogP contribution is -2.36. The van der Waals surface area contributed by atoms with Crippen LogP contribution in [0.15, 0.2) is 47.5 Å². The number of carbonyl (C=O) groups is 1. The van der Waals surface area contributed by atoms with E-state index < -0.39 is 0 Å². The fourth-order valence-corrected chi connectivity index (χ4v) is 2.81. The summed E-state index contributed by atoms with van der Waals surface area (Å²) >= 11 is 0. The molecule has 1 amide bonds. The summed E-state index contributed by atoms with van der Waals surface area (Å²) in [5.41, 5.74) is 2.77. The van der Waals surface area contributed by atoms with Gasteiger partial charge in [-0.2, -0.15) is 0 Å². The average Bonchev–Trinajstić information content (AvgIpc) is 2.76. The molecule has 0 radical (unpaired) electrons. The van der Waals surface area contributed by atoms with Gasteiger partial charge >= 0.3 is 0 Å². The standard InChI is InChI=1S/C23H32N4O3.HI/c1-6-24-23(25-15-17-8-11-19(12-9-17)22(28)27(3)4)26-16-18-10-13-20(30-7-2)21(14-18)29-5;/h8-14H,6-7,15-16H2,1-5H3,(H2,24,25,26);1H. The van der Waals surface area contributed by atoms with Crippen LogP contribution in [0.25, 0.3) is 0 Å². The number of nitrogens with one attached hydrogen (secondary N) is 2. The Bertz CT molecular complexity index is 854. The molecular formula is C23H33IN4O3. The lowest BCUT2D eigenvalue weighted by atomic mass is 10.1. The molecular weight excluding hydrogens is 507 g/mol. The molecule has 0 aliphatic heterocycles. The molecule has 8 heteroatoms. The van der Waals surface area contributed by atoms with E-state index in [1.54, 1.807) is 26.1 Å². The average molecular weight is 540 g/mol. The number of amides is 1. The number of aliphatic imine (C=N–C) groups is 1. The van der Waals surface area contributed by atoms with Crippen molar-refractivity contribution in [2.75, 3.05) is 34.4 Å². The zero-order chi connectivity index (χ0) is 21.9. The molecule has 31 heavy (non-hydrogen) atoms. The van der Waals surface area contributed by atoms with Crippen LogP contribution in [0.2, 0.25) is 0 Å². The quantitative estimate of drug-likeness (QED) is 0.289. The first-order chi connectivity index (χ1) is 14.5. The Morgan fingerprint density at radius 2 is 1.68 bits per heavy atom. The molecule has 0 unspecified atom stereocenters. The Morgan fingerprint density at radius 1 is 1.00 bits per heavy atom. The summed E-state index contributed by atoms with van der Waals surface area (Å²) in [5.74, 6) is 2.15. The summed E-state index contributed by atoms with van der Waals surface area (Å²) in [6, 6.07) is 13.4. The maximum atomic E-state index is 12.0. The van der Waals surface area contributed by atoms with E-state index in [1.165, 1.54) is 0 Å². The number of guanidine groups is 1. The first-order valence-electron chi connectivity index (χ1n) is 10.1. The summed E-state index contributed by atoms with van der Waals surface area (Å²) in [6.45, 7) is 6.43. The van der Waals surface area contributed by atoms with E-state index in [9.17, 15) is 4.79 Å². The van der Waals surface area contributed by atoms with E-state index in [1.807, 2.05) is 56.3 Å². The Kier molecular flexibility index (Phi) is 11.8. The van der Waals surface area contributed by atoms with Gasteiger partial charge in [-0.25, -0.2) is 4.99 Å². The van der Waals surface area contributed by atoms with E-state index >= 15 is 0 Å². The predicted molar refractivity (Wildman–Crippen MR) is 136 cm³/mol. The van der Waals surface area contributed by atoms with Gasteiger partial charge < -0.3 is 25.0 Å². The molecule has 0 aromatic heterocycles. The minimum atomic E-state index is -0.00445. The lowest BCUT2D eigenvalue weighted by molar-refractivity contribution is 0.0827. The second kappa shape index (κ2) is 13.7. The highest BCUT2D eigenvalue weighted by Crippen LogP contribution is 2.28. The van der Waals surface area contributed by atoms with Crippen LogP contribution in [0.5, 0.6) is 11.5 Å². The first-order valence-corrected chi connectivity index (χ1v) is 10.1. The van der Waals surface area contributed by atoms with E-state index in [4.69, 9.17) is 9.47 Å². The Balaban J connectivity index is 0.00000480. The third-order valence-electron chi connectivity index (χ3n) is 4.36. The molecule has 0 saturated carbocycles. The number of benzene rings is 2. The van der Waals surface area contributed by atoms with Gasteiger partial charge in [0, 0.05) is 32.7 Å². The van der Waals surface area contributed by atoms with Crippen LogP contribution < -0.4 is 20.1 Å². The van der Waals surface area contributed by atoms with Gasteiger partial charge in [0.05, 0.1) is 20.3 Å². The van der Waals surface area contributed by atoms with Crippen LogP contribution in [-0.4, -0.2) is 51.1 Å². The number of nitrogens with zero attached hydrogens (tertiary/aromatic N) is 2. The fourth-order valence-electron chi connectivity index (χ4n) is 2.81. The molecule has 2 aromatic carbocycles. The molecule has 0 bridgehead atoms. The molecule has 0 spiro atoms. The molecule has 0 heterocycles. The van der Waals surface area contributed by atoms with E-state index in [0.29, 0.717) is 31.0 Å². The third kappa shape index (κ3) is 8.28.